The average Bonchev–Trinajstić information content (AvgIpc) is 3.93. The first-order valence-electron chi connectivity index (χ1n) is 26.6. The van der Waals surface area contributed by atoms with Gasteiger partial charge in [-0.3, -0.25) is 14.2 Å². The van der Waals surface area contributed by atoms with Crippen molar-refractivity contribution in [2.75, 3.05) is 62.2 Å². The lowest BCUT2D eigenvalue weighted by Crippen LogP contribution is -2.50. The minimum atomic E-state index is -0.573. The molecule has 2 amide bonds. The lowest BCUT2D eigenvalue weighted by molar-refractivity contribution is 0.0230. The summed E-state index contributed by atoms with van der Waals surface area (Å²) in [7, 11) is 0. The van der Waals surface area contributed by atoms with Gasteiger partial charge in [0.05, 0.1) is 39.1 Å². The number of amides is 2. The summed E-state index contributed by atoms with van der Waals surface area (Å²) in [6.45, 7) is 25.5. The van der Waals surface area contributed by atoms with Gasteiger partial charge < -0.3 is 29.1 Å². The van der Waals surface area contributed by atoms with E-state index >= 15 is 0 Å². The number of aromatic nitrogens is 6. The highest BCUT2D eigenvalue weighted by atomic mass is 79.9. The molecule has 5 aromatic carbocycles. The van der Waals surface area contributed by atoms with Gasteiger partial charge in [0.1, 0.15) is 22.8 Å². The fourth-order valence-corrected chi connectivity index (χ4v) is 11.0. The van der Waals surface area contributed by atoms with E-state index in [4.69, 9.17) is 32.7 Å². The van der Waals surface area contributed by atoms with E-state index in [-0.39, 0.29) is 35.4 Å². The smallest absolute Gasteiger partial charge is 0.410 e. The van der Waals surface area contributed by atoms with E-state index in [9.17, 15) is 19.2 Å². The number of nitrogens with zero attached hydrogens (tertiary/aromatic N) is 9. The van der Waals surface area contributed by atoms with Crippen LogP contribution in [0.4, 0.5) is 21.2 Å². The molecule has 0 aliphatic carbocycles. The Kier molecular flexibility index (Phi) is 16.3. The molecule has 79 heavy (non-hydrogen) atoms. The third kappa shape index (κ3) is 12.0. The maximum absolute atomic E-state index is 14.1. The Morgan fingerprint density at radius 2 is 1.05 bits per heavy atom. The van der Waals surface area contributed by atoms with Gasteiger partial charge in [-0.05, 0) is 141 Å². The van der Waals surface area contributed by atoms with Gasteiger partial charge in [0.2, 0.25) is 0 Å². The number of carbonyl (C=O) groups excluding carboxylic acids is 2. The molecule has 2 aliphatic heterocycles. The number of H-pyrrole nitrogens is 1. The second-order valence-corrected chi connectivity index (χ2v) is 24.3. The van der Waals surface area contributed by atoms with Crippen LogP contribution >= 0.6 is 39.1 Å². The van der Waals surface area contributed by atoms with Gasteiger partial charge in [0, 0.05) is 83.6 Å². The summed E-state index contributed by atoms with van der Waals surface area (Å²) < 4.78 is 15.2. The summed E-state index contributed by atoms with van der Waals surface area (Å²) in [5, 5.41) is 10.9. The summed E-state index contributed by atoms with van der Waals surface area (Å²) >= 11 is 17.1. The number of carbonyl (C=O) groups is 2. The number of aromatic amines is 1. The van der Waals surface area contributed by atoms with Crippen molar-refractivity contribution >= 4 is 95.7 Å². The van der Waals surface area contributed by atoms with Gasteiger partial charge in [-0.1, -0.05) is 93.4 Å². The molecule has 0 spiro atoms. The van der Waals surface area contributed by atoms with E-state index in [1.807, 2.05) is 138 Å². The average molecular weight is 1180 g/mol. The van der Waals surface area contributed by atoms with E-state index in [0.29, 0.717) is 84.0 Å². The van der Waals surface area contributed by atoms with Gasteiger partial charge >= 0.3 is 23.6 Å². The quantitative estimate of drug-likeness (QED) is 0.161. The molecule has 19 heteroatoms. The van der Waals surface area contributed by atoms with E-state index in [1.54, 1.807) is 18.9 Å². The zero-order valence-electron chi connectivity index (χ0n) is 46.6. The van der Waals surface area contributed by atoms with Crippen LogP contribution in [0.1, 0.15) is 97.8 Å². The molecule has 0 saturated carbocycles. The summed E-state index contributed by atoms with van der Waals surface area (Å²) in [6, 6.07) is 27.5. The van der Waals surface area contributed by atoms with Crippen molar-refractivity contribution in [3.63, 3.8) is 0 Å². The van der Waals surface area contributed by atoms with E-state index in [2.05, 4.69) is 74.8 Å². The fourth-order valence-electron chi connectivity index (χ4n) is 10.3. The SMILES string of the molecule is CC(C)c1ccccc1-n1c(=O)nc(N2CCN(C(=O)OC(C)(C)C)CC2)c2cc(Cl)c(Br)cc21.Cc1ccc2[nH]ncc2c1-c1cc2c(cc1Cl)c(N1CCN(C(=O)OC(C)(C)C)CC1)nc(=O)n2-c1ccccc1C(C)C. The predicted octanol–water partition coefficient (Wildman–Crippen LogP) is 13.1. The predicted molar refractivity (Wildman–Crippen MR) is 320 cm³/mol. The second kappa shape index (κ2) is 22.7. The topological polar surface area (TPSA) is 164 Å². The molecule has 16 nitrogen and oxygen atoms in total. The van der Waals surface area contributed by atoms with Crippen LogP contribution in [0.5, 0.6) is 0 Å². The number of rotatable bonds is 7. The van der Waals surface area contributed by atoms with Gasteiger partial charge in [-0.2, -0.15) is 15.1 Å². The Morgan fingerprint density at radius 1 is 0.608 bits per heavy atom. The molecule has 0 unspecified atom stereocenters. The van der Waals surface area contributed by atoms with E-state index < -0.39 is 11.2 Å². The number of para-hydroxylation sites is 2. The molecular formula is C60H67BrCl2N10O6. The maximum Gasteiger partial charge on any atom is 0.410 e. The van der Waals surface area contributed by atoms with Crippen molar-refractivity contribution in [2.45, 2.75) is 99.2 Å². The molecule has 2 aliphatic rings. The molecule has 2 fully saturated rings. The molecule has 0 atom stereocenters. The molecule has 5 heterocycles. The summed E-state index contributed by atoms with van der Waals surface area (Å²) in [6.07, 6.45) is 1.14. The highest BCUT2D eigenvalue weighted by Gasteiger charge is 2.31. The van der Waals surface area contributed by atoms with Crippen molar-refractivity contribution < 1.29 is 19.1 Å². The minimum absolute atomic E-state index is 0.183. The van der Waals surface area contributed by atoms with Crippen molar-refractivity contribution in [1.82, 2.24) is 39.1 Å². The number of piperazine rings is 2. The Hall–Kier alpha value is -6.95. The van der Waals surface area contributed by atoms with Gasteiger partial charge in [0.15, 0.2) is 0 Å². The third-order valence-electron chi connectivity index (χ3n) is 14.0. The largest absolute Gasteiger partial charge is 0.444 e. The molecule has 0 radical (unpaired) electrons. The minimum Gasteiger partial charge on any atom is -0.444 e. The first kappa shape index (κ1) is 56.8. The van der Waals surface area contributed by atoms with Crippen LogP contribution in [0.3, 0.4) is 0 Å². The molecule has 414 valence electrons. The van der Waals surface area contributed by atoms with Crippen molar-refractivity contribution in [2.24, 2.45) is 0 Å². The zero-order chi connectivity index (χ0) is 56.8. The van der Waals surface area contributed by atoms with Crippen LogP contribution in [0.15, 0.2) is 105 Å². The highest BCUT2D eigenvalue weighted by Crippen LogP contribution is 2.41. The number of hydrogen-bond acceptors (Lipinski definition) is 11. The summed E-state index contributed by atoms with van der Waals surface area (Å²) in [4.78, 5) is 69.4. The molecular weight excluding hydrogens is 1110 g/mol. The van der Waals surface area contributed by atoms with Crippen molar-refractivity contribution in [3.8, 4) is 22.5 Å². The Balaban J connectivity index is 0.000000197. The fraction of sp³-hybridized carbons (Fsp3) is 0.383. The number of aryl methyl sites for hydroxylation is 1. The standard InChI is InChI=1S/C34H37ClN6O3.C26H30BrClN4O3/c1-20(2)22-9-7-8-10-28(22)41-29-18-23(30-21(3)11-12-27-25(30)19-36-38-27)26(35)17-24(29)31(37-32(41)42)39-13-15-40(16-14-39)33(43)44-34(4,5)6;1-16(2)17-8-6-7-9-21(17)32-22-15-19(27)20(28)14-18(22)23(29-24(32)33)30-10-12-31(13-11-30)25(34)35-26(3,4)5/h7-12,17-20H,13-16H2,1-6H3,(H,36,38);6-9,14-16H,10-13H2,1-5H3. The number of anilines is 2. The Labute approximate surface area is 478 Å². The number of halogens is 3. The van der Waals surface area contributed by atoms with E-state index in [1.165, 1.54) is 0 Å². The van der Waals surface area contributed by atoms with Crippen molar-refractivity contribution in [3.05, 3.63) is 143 Å². The number of fused-ring (bicyclic) bond motifs is 3. The maximum atomic E-state index is 14.1. The van der Waals surface area contributed by atoms with Crippen LogP contribution in [-0.4, -0.2) is 115 Å². The first-order valence-corrected chi connectivity index (χ1v) is 28.2. The Morgan fingerprint density at radius 3 is 1.51 bits per heavy atom. The van der Waals surface area contributed by atoms with Crippen LogP contribution < -0.4 is 21.2 Å². The van der Waals surface area contributed by atoms with Gasteiger partial charge in [0.25, 0.3) is 0 Å². The summed E-state index contributed by atoms with van der Waals surface area (Å²) in [5.74, 6) is 1.53. The number of hydrogen-bond donors (Lipinski definition) is 1. The van der Waals surface area contributed by atoms with Crippen LogP contribution in [0, 0.1) is 6.92 Å². The number of ether oxygens (including phenoxy) is 2. The molecule has 0 bridgehead atoms. The second-order valence-electron chi connectivity index (χ2n) is 22.7. The molecule has 3 aromatic heterocycles. The van der Waals surface area contributed by atoms with Crippen LogP contribution in [0.25, 0.3) is 55.2 Å². The molecule has 2 saturated heterocycles. The molecule has 10 rings (SSSR count). The third-order valence-corrected chi connectivity index (χ3v) is 15.5. The lowest BCUT2D eigenvalue weighted by atomic mass is 9.95. The van der Waals surface area contributed by atoms with Gasteiger partial charge in [-0.25, -0.2) is 19.2 Å². The normalized spacial score (nSPS) is 14.4. The first-order chi connectivity index (χ1) is 37.4. The monoisotopic (exact) mass is 1170 g/mol. The van der Waals surface area contributed by atoms with Gasteiger partial charge in [-0.15, -0.1) is 0 Å². The lowest BCUT2D eigenvalue weighted by Gasteiger charge is -2.36. The van der Waals surface area contributed by atoms with E-state index in [0.717, 1.165) is 66.4 Å². The molecule has 1 N–H and O–H groups in total. The summed E-state index contributed by atoms with van der Waals surface area (Å²) in [5.41, 5.74) is 7.00. The van der Waals surface area contributed by atoms with Crippen LogP contribution in [0.2, 0.25) is 10.0 Å². The zero-order valence-corrected chi connectivity index (χ0v) is 49.7. The van der Waals surface area contributed by atoms with Crippen LogP contribution in [-0.2, 0) is 9.47 Å². The van der Waals surface area contributed by atoms with Crippen molar-refractivity contribution in [1.29, 1.82) is 0 Å². The number of nitrogens with one attached hydrogen (secondary N) is 1. The Bertz CT molecular complexity index is 3750. The number of benzene rings is 5. The molecule has 8 aromatic rings. The highest BCUT2D eigenvalue weighted by molar-refractivity contribution is 9.10.